The van der Waals surface area contributed by atoms with E-state index in [0.717, 1.165) is 12.7 Å². The summed E-state index contributed by atoms with van der Waals surface area (Å²) >= 11 is 0. The van der Waals surface area contributed by atoms with Crippen molar-refractivity contribution in [2.24, 2.45) is 0 Å². The Kier molecular flexibility index (Phi) is 6.57. The molecule has 8 heteroatoms. The molecule has 0 aromatic heterocycles. The number of carbonyl (C=O) groups excluding carboxylic acids is 2. The third kappa shape index (κ3) is 6.10. The number of hydrogen-bond donors (Lipinski definition) is 3. The van der Waals surface area contributed by atoms with E-state index in [1.54, 1.807) is 42.5 Å². The molecule has 2 aromatic carbocycles. The molecule has 2 aromatic rings. The molecule has 2 rings (SSSR count). The minimum absolute atomic E-state index is 0.0139. The van der Waals surface area contributed by atoms with Crippen LogP contribution in [-0.4, -0.2) is 32.5 Å². The number of anilines is 2. The molecular formula is C19H23N3O4S. The highest BCUT2D eigenvalue weighted by Crippen LogP contribution is 2.18. The van der Waals surface area contributed by atoms with Gasteiger partial charge in [-0.2, -0.15) is 0 Å². The van der Waals surface area contributed by atoms with Crippen LogP contribution in [0.2, 0.25) is 0 Å². The van der Waals surface area contributed by atoms with Crippen molar-refractivity contribution in [1.82, 2.24) is 5.32 Å². The Balaban J connectivity index is 2.21. The minimum atomic E-state index is -3.45. The van der Waals surface area contributed by atoms with Gasteiger partial charge in [-0.3, -0.25) is 14.3 Å². The van der Waals surface area contributed by atoms with E-state index in [9.17, 15) is 18.0 Å². The summed E-state index contributed by atoms with van der Waals surface area (Å²) in [6.45, 7) is 3.87. The van der Waals surface area contributed by atoms with Crippen LogP contribution >= 0.6 is 0 Å². The topological polar surface area (TPSA) is 104 Å². The first kappa shape index (κ1) is 20.4. The Hall–Kier alpha value is -2.87. The summed E-state index contributed by atoms with van der Waals surface area (Å²) in [4.78, 5) is 25.0. The number of carbonyl (C=O) groups is 2. The lowest BCUT2D eigenvalue weighted by atomic mass is 10.1. The van der Waals surface area contributed by atoms with E-state index in [1.165, 1.54) is 6.07 Å². The van der Waals surface area contributed by atoms with E-state index < -0.39 is 15.9 Å². The van der Waals surface area contributed by atoms with Gasteiger partial charge in [-0.15, -0.1) is 0 Å². The maximum Gasteiger partial charge on any atom is 0.255 e. The first-order chi connectivity index (χ1) is 12.7. The molecule has 1 atom stereocenters. The number of rotatable bonds is 7. The van der Waals surface area contributed by atoms with Crippen molar-refractivity contribution in [1.29, 1.82) is 0 Å². The Morgan fingerprint density at radius 1 is 1.04 bits per heavy atom. The normalized spacial score (nSPS) is 12.1. The van der Waals surface area contributed by atoms with Crippen LogP contribution in [-0.2, 0) is 10.0 Å². The molecule has 27 heavy (non-hydrogen) atoms. The molecule has 7 nitrogen and oxygen atoms in total. The maximum absolute atomic E-state index is 12.6. The fourth-order valence-electron chi connectivity index (χ4n) is 2.33. The summed E-state index contributed by atoms with van der Waals surface area (Å²) in [5, 5.41) is 5.58. The number of para-hydroxylation sites is 1. The lowest BCUT2D eigenvalue weighted by Crippen LogP contribution is -2.32. The summed E-state index contributed by atoms with van der Waals surface area (Å²) in [6.07, 6.45) is 1.83. The zero-order valence-corrected chi connectivity index (χ0v) is 16.3. The van der Waals surface area contributed by atoms with Crippen LogP contribution in [0.1, 0.15) is 41.0 Å². The minimum Gasteiger partial charge on any atom is -0.350 e. The second kappa shape index (κ2) is 8.68. The first-order valence-electron chi connectivity index (χ1n) is 8.48. The maximum atomic E-state index is 12.6. The Labute approximate surface area is 159 Å². The highest BCUT2D eigenvalue weighted by Gasteiger charge is 2.15. The average Bonchev–Trinajstić information content (AvgIpc) is 2.60. The second-order valence-electron chi connectivity index (χ2n) is 6.24. The molecule has 0 heterocycles. The van der Waals surface area contributed by atoms with Gasteiger partial charge in [0.25, 0.3) is 11.8 Å². The monoisotopic (exact) mass is 389 g/mol. The van der Waals surface area contributed by atoms with Crippen LogP contribution in [0, 0.1) is 0 Å². The summed E-state index contributed by atoms with van der Waals surface area (Å²) in [6, 6.07) is 12.8. The molecule has 0 bridgehead atoms. The molecule has 0 aliphatic rings. The molecule has 0 aliphatic heterocycles. The molecule has 0 saturated carbocycles. The van der Waals surface area contributed by atoms with Gasteiger partial charge in [-0.05, 0) is 43.7 Å². The molecular weight excluding hydrogens is 366 g/mol. The number of amides is 2. The van der Waals surface area contributed by atoms with Gasteiger partial charge in [-0.25, -0.2) is 8.42 Å². The van der Waals surface area contributed by atoms with E-state index >= 15 is 0 Å². The van der Waals surface area contributed by atoms with Gasteiger partial charge < -0.3 is 10.6 Å². The molecule has 0 unspecified atom stereocenters. The zero-order valence-electron chi connectivity index (χ0n) is 15.4. The predicted molar refractivity (Wildman–Crippen MR) is 107 cm³/mol. The van der Waals surface area contributed by atoms with Gasteiger partial charge >= 0.3 is 0 Å². The van der Waals surface area contributed by atoms with Gasteiger partial charge in [0.1, 0.15) is 0 Å². The van der Waals surface area contributed by atoms with Crippen molar-refractivity contribution in [2.75, 3.05) is 16.3 Å². The molecule has 0 spiro atoms. The van der Waals surface area contributed by atoms with E-state index in [4.69, 9.17) is 0 Å². The Morgan fingerprint density at radius 2 is 1.74 bits per heavy atom. The number of hydrogen-bond acceptors (Lipinski definition) is 4. The van der Waals surface area contributed by atoms with Crippen molar-refractivity contribution in [2.45, 2.75) is 26.3 Å². The van der Waals surface area contributed by atoms with E-state index in [2.05, 4.69) is 15.4 Å². The molecule has 0 radical (unpaired) electrons. The second-order valence-corrected chi connectivity index (χ2v) is 7.99. The quantitative estimate of drug-likeness (QED) is 0.677. The van der Waals surface area contributed by atoms with Gasteiger partial charge in [0, 0.05) is 17.3 Å². The summed E-state index contributed by atoms with van der Waals surface area (Å²) in [7, 11) is -3.45. The predicted octanol–water partition coefficient (Wildman–Crippen LogP) is 2.84. The third-order valence-corrected chi connectivity index (χ3v) is 4.44. The van der Waals surface area contributed by atoms with Gasteiger partial charge in [0.2, 0.25) is 10.0 Å². The molecule has 2 amide bonds. The van der Waals surface area contributed by atoms with E-state index in [-0.39, 0.29) is 23.2 Å². The zero-order chi connectivity index (χ0) is 20.0. The number of sulfonamides is 1. The van der Waals surface area contributed by atoms with Crippen LogP contribution in [0.3, 0.4) is 0 Å². The number of benzene rings is 2. The molecule has 0 saturated heterocycles. The highest BCUT2D eigenvalue weighted by atomic mass is 32.2. The molecule has 0 aliphatic carbocycles. The average molecular weight is 389 g/mol. The summed E-state index contributed by atoms with van der Waals surface area (Å²) < 4.78 is 25.0. The van der Waals surface area contributed by atoms with Crippen LogP contribution in [0.4, 0.5) is 11.4 Å². The molecule has 0 fully saturated rings. The smallest absolute Gasteiger partial charge is 0.255 e. The van der Waals surface area contributed by atoms with Gasteiger partial charge in [-0.1, -0.05) is 25.1 Å². The van der Waals surface area contributed by atoms with Crippen molar-refractivity contribution >= 4 is 33.2 Å². The van der Waals surface area contributed by atoms with E-state index in [0.29, 0.717) is 11.3 Å². The van der Waals surface area contributed by atoms with Crippen LogP contribution in [0.25, 0.3) is 0 Å². The summed E-state index contributed by atoms with van der Waals surface area (Å²) in [5.74, 6) is -0.719. The van der Waals surface area contributed by atoms with Gasteiger partial charge in [0.05, 0.1) is 17.5 Å². The fraction of sp³-hybridized carbons (Fsp3) is 0.263. The van der Waals surface area contributed by atoms with Crippen molar-refractivity contribution in [3.05, 3.63) is 59.7 Å². The van der Waals surface area contributed by atoms with Crippen molar-refractivity contribution in [3.63, 3.8) is 0 Å². The van der Waals surface area contributed by atoms with Crippen LogP contribution in [0.5, 0.6) is 0 Å². The lowest BCUT2D eigenvalue weighted by molar-refractivity contribution is 0.0940. The SMILES string of the molecule is CC[C@@H](C)NC(=O)c1ccccc1NC(=O)c1cccc(NS(C)(=O)=O)c1. The Bertz CT molecular complexity index is 941. The van der Waals surface area contributed by atoms with Crippen molar-refractivity contribution < 1.29 is 18.0 Å². The number of nitrogens with one attached hydrogen (secondary N) is 3. The third-order valence-electron chi connectivity index (χ3n) is 3.84. The standard InChI is InChI=1S/C19H23N3O4S/c1-4-13(2)20-19(24)16-10-5-6-11-17(16)21-18(23)14-8-7-9-15(12-14)22-27(3,25)26/h5-13,22H,4H2,1-3H3,(H,20,24)(H,21,23)/t13-/m1/s1. The van der Waals surface area contributed by atoms with E-state index in [1.807, 2.05) is 13.8 Å². The van der Waals surface area contributed by atoms with Crippen LogP contribution < -0.4 is 15.4 Å². The molecule has 144 valence electrons. The van der Waals surface area contributed by atoms with Crippen molar-refractivity contribution in [3.8, 4) is 0 Å². The fourth-order valence-corrected chi connectivity index (χ4v) is 2.88. The van der Waals surface area contributed by atoms with Gasteiger partial charge in [0.15, 0.2) is 0 Å². The first-order valence-corrected chi connectivity index (χ1v) is 10.4. The lowest BCUT2D eigenvalue weighted by Gasteiger charge is -2.15. The largest absolute Gasteiger partial charge is 0.350 e. The highest BCUT2D eigenvalue weighted by molar-refractivity contribution is 7.92. The van der Waals surface area contributed by atoms with Crippen LogP contribution in [0.15, 0.2) is 48.5 Å². The molecule has 3 N–H and O–H groups in total. The summed E-state index contributed by atoms with van der Waals surface area (Å²) in [5.41, 5.74) is 1.29. The Morgan fingerprint density at radius 3 is 2.41 bits per heavy atom.